The summed E-state index contributed by atoms with van der Waals surface area (Å²) in [6, 6.07) is 0. The van der Waals surface area contributed by atoms with Gasteiger partial charge in [-0.25, -0.2) is 0 Å². The van der Waals surface area contributed by atoms with Gasteiger partial charge in [0.15, 0.2) is 0 Å². The predicted octanol–water partition coefficient (Wildman–Crippen LogP) is 3.65. The number of thioether (sulfide) groups is 1. The van der Waals surface area contributed by atoms with Crippen LogP contribution in [0.2, 0.25) is 0 Å². The van der Waals surface area contributed by atoms with Crippen molar-refractivity contribution in [3.05, 3.63) is 0 Å². The topological polar surface area (TPSA) is 0 Å². The third kappa shape index (κ3) is 3.12. The maximum absolute atomic E-state index is 5.34. The molecule has 0 amide bonds. The molecular weight excluding hydrogens is 172 g/mol. The molecule has 0 saturated heterocycles. The highest BCUT2D eigenvalue weighted by Crippen LogP contribution is 2.28. The molecule has 0 aromatic carbocycles. The summed E-state index contributed by atoms with van der Waals surface area (Å²) in [7, 11) is 0. The minimum absolute atomic E-state index is 0.767. The molecule has 0 heterocycles. The fourth-order valence-electron chi connectivity index (χ4n) is 1.60. The molecule has 0 atom stereocenters. The molecule has 0 bridgehead atoms. The smallest absolute Gasteiger partial charge is 0.0509 e. The molecule has 0 N–H and O–H groups in total. The number of rotatable bonds is 2. The molecule has 1 rings (SSSR count). The minimum Gasteiger partial charge on any atom is -0.119 e. The van der Waals surface area contributed by atoms with Gasteiger partial charge in [-0.2, -0.15) is 0 Å². The molecule has 0 aromatic heterocycles. The second-order valence-corrected chi connectivity index (χ2v) is 5.09. The van der Waals surface area contributed by atoms with E-state index < -0.39 is 0 Å². The van der Waals surface area contributed by atoms with Crippen LogP contribution < -0.4 is 0 Å². The average molecular weight is 188 g/mol. The molecule has 0 aromatic rings. The van der Waals surface area contributed by atoms with E-state index in [2.05, 4.69) is 6.92 Å². The Morgan fingerprint density at radius 2 is 2.00 bits per heavy atom. The van der Waals surface area contributed by atoms with Crippen LogP contribution in [0.4, 0.5) is 0 Å². The van der Waals surface area contributed by atoms with Gasteiger partial charge in [0.25, 0.3) is 0 Å². The molecular formula is C9H16S2. The van der Waals surface area contributed by atoms with Crippen molar-refractivity contribution in [2.45, 2.75) is 39.0 Å². The van der Waals surface area contributed by atoms with Crippen molar-refractivity contribution >= 4 is 28.2 Å². The van der Waals surface area contributed by atoms with E-state index in [0.29, 0.717) is 0 Å². The van der Waals surface area contributed by atoms with Crippen LogP contribution in [-0.2, 0) is 0 Å². The van der Waals surface area contributed by atoms with E-state index in [-0.39, 0.29) is 0 Å². The zero-order chi connectivity index (χ0) is 8.10. The Balaban J connectivity index is 2.27. The second kappa shape index (κ2) is 5.15. The van der Waals surface area contributed by atoms with Crippen LogP contribution in [-0.4, -0.2) is 9.95 Å². The summed E-state index contributed by atoms with van der Waals surface area (Å²) in [6.45, 7) is 2.18. The molecule has 0 radical (unpaired) electrons. The van der Waals surface area contributed by atoms with Crippen LogP contribution in [0.5, 0.6) is 0 Å². The van der Waals surface area contributed by atoms with Crippen LogP contribution in [0.1, 0.15) is 39.0 Å². The van der Waals surface area contributed by atoms with E-state index in [1.54, 1.807) is 0 Å². The van der Waals surface area contributed by atoms with Crippen molar-refractivity contribution in [2.24, 2.45) is 5.92 Å². The lowest BCUT2D eigenvalue weighted by molar-refractivity contribution is 0.446. The van der Waals surface area contributed by atoms with Gasteiger partial charge in [0.1, 0.15) is 0 Å². The maximum atomic E-state index is 5.34. The molecule has 11 heavy (non-hydrogen) atoms. The lowest BCUT2D eigenvalue weighted by Gasteiger charge is -2.21. The molecule has 2 heteroatoms. The average Bonchev–Trinajstić information content (AvgIpc) is 2.07. The third-order valence-corrected chi connectivity index (χ3v) is 3.82. The summed E-state index contributed by atoms with van der Waals surface area (Å²) in [4.78, 5) is 0. The molecule has 1 fully saturated rings. The Kier molecular flexibility index (Phi) is 4.46. The first-order valence-corrected chi connectivity index (χ1v) is 5.90. The Morgan fingerprint density at radius 3 is 2.55 bits per heavy atom. The Bertz CT molecular complexity index is 126. The van der Waals surface area contributed by atoms with Crippen molar-refractivity contribution < 1.29 is 0 Å². The minimum atomic E-state index is 0.767. The van der Waals surface area contributed by atoms with Crippen molar-refractivity contribution in [1.29, 1.82) is 0 Å². The van der Waals surface area contributed by atoms with Gasteiger partial charge < -0.3 is 0 Å². The Hall–Kier alpha value is 0.440. The fraction of sp³-hybridized carbons (Fsp3) is 0.889. The van der Waals surface area contributed by atoms with E-state index >= 15 is 0 Å². The summed E-state index contributed by atoms with van der Waals surface area (Å²) in [5.74, 6) is 1.92. The zero-order valence-electron chi connectivity index (χ0n) is 7.14. The number of hydrogen-bond acceptors (Lipinski definition) is 2. The molecule has 1 saturated carbocycles. The lowest BCUT2D eigenvalue weighted by atomic mass is 9.91. The van der Waals surface area contributed by atoms with Gasteiger partial charge in [-0.15, -0.1) is 11.8 Å². The van der Waals surface area contributed by atoms with Gasteiger partial charge in [0, 0.05) is 5.92 Å². The van der Waals surface area contributed by atoms with Crippen molar-refractivity contribution in [3.63, 3.8) is 0 Å². The lowest BCUT2D eigenvalue weighted by Crippen LogP contribution is -2.13. The molecule has 0 unspecified atom stereocenters. The van der Waals surface area contributed by atoms with Crippen LogP contribution in [0.25, 0.3) is 0 Å². The Labute approximate surface area is 79.1 Å². The normalized spacial score (nSPS) is 20.1. The van der Waals surface area contributed by atoms with Crippen LogP contribution >= 0.6 is 24.0 Å². The van der Waals surface area contributed by atoms with Gasteiger partial charge in [0.05, 0.1) is 4.20 Å². The molecule has 0 aliphatic heterocycles. The second-order valence-electron chi connectivity index (χ2n) is 3.09. The number of hydrogen-bond donors (Lipinski definition) is 0. The van der Waals surface area contributed by atoms with Crippen LogP contribution in [0.3, 0.4) is 0 Å². The predicted molar refractivity (Wildman–Crippen MR) is 57.3 cm³/mol. The first-order valence-electron chi connectivity index (χ1n) is 4.51. The molecule has 64 valence electrons. The summed E-state index contributed by atoms with van der Waals surface area (Å²) < 4.78 is 1.27. The van der Waals surface area contributed by atoms with Gasteiger partial charge in [-0.1, -0.05) is 38.4 Å². The molecule has 1 aliphatic carbocycles. The quantitative estimate of drug-likeness (QED) is 0.607. The highest BCUT2D eigenvalue weighted by Gasteiger charge is 2.17. The van der Waals surface area contributed by atoms with E-state index in [0.717, 1.165) is 11.7 Å². The standard InChI is InChI=1S/C9H16S2/c1-2-11-9(10)8-6-4-3-5-7-8/h8H,2-7H2,1H3. The van der Waals surface area contributed by atoms with Gasteiger partial charge >= 0.3 is 0 Å². The summed E-state index contributed by atoms with van der Waals surface area (Å²) in [5, 5.41) is 0. The zero-order valence-corrected chi connectivity index (χ0v) is 8.77. The molecule has 0 spiro atoms. The molecule has 0 nitrogen and oxygen atoms in total. The summed E-state index contributed by atoms with van der Waals surface area (Å²) in [5.41, 5.74) is 0. The largest absolute Gasteiger partial charge is 0.119 e. The summed E-state index contributed by atoms with van der Waals surface area (Å²) in [6.07, 6.45) is 6.93. The van der Waals surface area contributed by atoms with Crippen molar-refractivity contribution in [2.75, 3.05) is 5.75 Å². The van der Waals surface area contributed by atoms with E-state index in [1.165, 1.54) is 36.3 Å². The van der Waals surface area contributed by atoms with E-state index in [9.17, 15) is 0 Å². The van der Waals surface area contributed by atoms with Crippen molar-refractivity contribution in [3.8, 4) is 0 Å². The van der Waals surface area contributed by atoms with Crippen LogP contribution in [0, 0.1) is 5.92 Å². The highest BCUT2D eigenvalue weighted by molar-refractivity contribution is 8.23. The van der Waals surface area contributed by atoms with Gasteiger partial charge in [0.2, 0.25) is 0 Å². The monoisotopic (exact) mass is 188 g/mol. The maximum Gasteiger partial charge on any atom is 0.0509 e. The van der Waals surface area contributed by atoms with Crippen molar-refractivity contribution in [1.82, 2.24) is 0 Å². The highest BCUT2D eigenvalue weighted by atomic mass is 32.2. The fourth-order valence-corrected chi connectivity index (χ4v) is 2.94. The summed E-state index contributed by atoms with van der Waals surface area (Å²) >= 11 is 7.21. The first-order chi connectivity index (χ1) is 5.34. The number of thiocarbonyl (C=S) groups is 1. The molecule has 1 aliphatic rings. The third-order valence-electron chi connectivity index (χ3n) is 2.23. The SMILES string of the molecule is CCSC(=S)C1CCCCC1. The van der Waals surface area contributed by atoms with Crippen LogP contribution in [0.15, 0.2) is 0 Å². The van der Waals surface area contributed by atoms with Gasteiger partial charge in [-0.05, 0) is 18.6 Å². The Morgan fingerprint density at radius 1 is 1.36 bits per heavy atom. The van der Waals surface area contributed by atoms with E-state index in [4.69, 9.17) is 12.2 Å². The first kappa shape index (κ1) is 9.53. The van der Waals surface area contributed by atoms with Gasteiger partial charge in [-0.3, -0.25) is 0 Å². The van der Waals surface area contributed by atoms with E-state index in [1.807, 2.05) is 11.8 Å².